The third kappa shape index (κ3) is 3.21. The Kier molecular flexibility index (Phi) is 3.92. The molecular formula is C10H15NO2S3. The minimum atomic E-state index is -2.86. The first kappa shape index (κ1) is 12.4. The van der Waals surface area contributed by atoms with Gasteiger partial charge in [0.05, 0.1) is 11.5 Å². The summed E-state index contributed by atoms with van der Waals surface area (Å²) in [6, 6.07) is 0. The van der Waals surface area contributed by atoms with Gasteiger partial charge in [-0.1, -0.05) is 30.1 Å². The van der Waals surface area contributed by atoms with E-state index in [0.717, 1.165) is 22.3 Å². The van der Waals surface area contributed by atoms with Crippen LogP contribution < -0.4 is 0 Å². The molecule has 2 aliphatic heterocycles. The largest absolute Gasteiger partial charge is 0.357 e. The number of rotatable bonds is 1. The minimum Gasteiger partial charge on any atom is -0.357 e. The van der Waals surface area contributed by atoms with E-state index >= 15 is 0 Å². The van der Waals surface area contributed by atoms with Gasteiger partial charge in [-0.15, -0.1) is 0 Å². The zero-order valence-corrected chi connectivity index (χ0v) is 11.5. The number of thiocarbonyl (C=S) groups is 1. The van der Waals surface area contributed by atoms with E-state index in [1.165, 1.54) is 31.0 Å². The maximum Gasteiger partial charge on any atom is 0.158 e. The van der Waals surface area contributed by atoms with Gasteiger partial charge in [0, 0.05) is 18.0 Å². The lowest BCUT2D eigenvalue weighted by Gasteiger charge is -2.28. The molecule has 0 radical (unpaired) electrons. The normalized spacial score (nSPS) is 24.2. The van der Waals surface area contributed by atoms with Crippen LogP contribution in [0.4, 0.5) is 0 Å². The molecule has 0 aliphatic carbocycles. The first-order valence-corrected chi connectivity index (χ1v) is 8.48. The predicted molar refractivity (Wildman–Crippen MR) is 72.3 cm³/mol. The maximum absolute atomic E-state index is 11.3. The van der Waals surface area contributed by atoms with E-state index in [1.807, 2.05) is 0 Å². The van der Waals surface area contributed by atoms with Crippen LogP contribution in [0.3, 0.4) is 0 Å². The standard InChI is InChI=1S/C10H15NO2S3/c12-16(13)7-4-9(8-16)15-10(14)11-5-2-1-3-6-11/h4H,1-3,5-8H2. The Bertz CT molecular complexity index is 408. The lowest BCUT2D eigenvalue weighted by atomic mass is 10.1. The molecule has 0 amide bonds. The van der Waals surface area contributed by atoms with Crippen LogP contribution >= 0.6 is 24.0 Å². The van der Waals surface area contributed by atoms with Crippen molar-refractivity contribution in [2.45, 2.75) is 19.3 Å². The molecule has 0 aromatic rings. The number of nitrogens with zero attached hydrogens (tertiary/aromatic N) is 1. The summed E-state index contributed by atoms with van der Waals surface area (Å²) in [4.78, 5) is 3.09. The lowest BCUT2D eigenvalue weighted by Crippen LogP contribution is -2.32. The first-order chi connectivity index (χ1) is 7.57. The van der Waals surface area contributed by atoms with E-state index < -0.39 is 9.84 Å². The van der Waals surface area contributed by atoms with Crippen LogP contribution in [-0.2, 0) is 9.84 Å². The van der Waals surface area contributed by atoms with Crippen LogP contribution in [-0.4, -0.2) is 42.2 Å². The second-order valence-corrected chi connectivity index (χ2v) is 8.01. The van der Waals surface area contributed by atoms with Crippen molar-refractivity contribution < 1.29 is 8.42 Å². The smallest absolute Gasteiger partial charge is 0.158 e. The molecule has 2 heterocycles. The quantitative estimate of drug-likeness (QED) is 0.683. The van der Waals surface area contributed by atoms with Crippen molar-refractivity contribution in [2.75, 3.05) is 24.6 Å². The molecule has 1 saturated heterocycles. The first-order valence-electron chi connectivity index (χ1n) is 5.43. The summed E-state index contributed by atoms with van der Waals surface area (Å²) in [6.07, 6.45) is 5.45. The van der Waals surface area contributed by atoms with Crippen molar-refractivity contribution in [3.63, 3.8) is 0 Å². The molecule has 6 heteroatoms. The molecule has 1 fully saturated rings. The van der Waals surface area contributed by atoms with E-state index in [-0.39, 0.29) is 11.5 Å². The average molecular weight is 277 g/mol. The number of thioether (sulfide) groups is 1. The summed E-state index contributed by atoms with van der Waals surface area (Å²) in [6.45, 7) is 2.04. The fourth-order valence-electron chi connectivity index (χ4n) is 1.88. The number of hydrogen-bond donors (Lipinski definition) is 0. The molecule has 90 valence electrons. The van der Waals surface area contributed by atoms with Gasteiger partial charge in [0.25, 0.3) is 0 Å². The van der Waals surface area contributed by atoms with Crippen LogP contribution in [0.2, 0.25) is 0 Å². The van der Waals surface area contributed by atoms with Gasteiger partial charge in [0.1, 0.15) is 4.32 Å². The Morgan fingerprint density at radius 2 is 2.00 bits per heavy atom. The topological polar surface area (TPSA) is 37.4 Å². The number of likely N-dealkylation sites (tertiary alicyclic amines) is 1. The molecule has 2 aliphatic rings. The van der Waals surface area contributed by atoms with Gasteiger partial charge in [-0.2, -0.15) is 0 Å². The van der Waals surface area contributed by atoms with Gasteiger partial charge < -0.3 is 4.90 Å². The van der Waals surface area contributed by atoms with Crippen LogP contribution in [0.25, 0.3) is 0 Å². The number of piperidine rings is 1. The highest BCUT2D eigenvalue weighted by Crippen LogP contribution is 2.27. The van der Waals surface area contributed by atoms with Crippen molar-refractivity contribution >= 4 is 38.1 Å². The third-order valence-corrected chi connectivity index (χ3v) is 5.88. The highest BCUT2D eigenvalue weighted by Gasteiger charge is 2.23. The van der Waals surface area contributed by atoms with Crippen molar-refractivity contribution in [3.05, 3.63) is 11.0 Å². The second-order valence-electron chi connectivity index (χ2n) is 4.14. The molecule has 0 aromatic heterocycles. The molecule has 16 heavy (non-hydrogen) atoms. The SMILES string of the molecule is O=S1(=O)CC=C(SC(=S)N2CCCCC2)C1. The molecular weight excluding hydrogens is 262 g/mol. The molecule has 0 N–H and O–H groups in total. The van der Waals surface area contributed by atoms with Gasteiger partial charge in [0.2, 0.25) is 0 Å². The molecule has 0 saturated carbocycles. The highest BCUT2D eigenvalue weighted by atomic mass is 32.2. The van der Waals surface area contributed by atoms with Crippen molar-refractivity contribution in [2.24, 2.45) is 0 Å². The van der Waals surface area contributed by atoms with E-state index in [9.17, 15) is 8.42 Å². The maximum atomic E-state index is 11.3. The van der Waals surface area contributed by atoms with Gasteiger partial charge in [-0.05, 0) is 19.3 Å². The summed E-state index contributed by atoms with van der Waals surface area (Å²) >= 11 is 6.79. The van der Waals surface area contributed by atoms with Gasteiger partial charge in [-0.25, -0.2) is 8.42 Å². The summed E-state index contributed by atoms with van der Waals surface area (Å²) in [5.74, 6) is 0.351. The van der Waals surface area contributed by atoms with E-state index in [0.29, 0.717) is 0 Å². The van der Waals surface area contributed by atoms with Gasteiger partial charge >= 0.3 is 0 Å². The van der Waals surface area contributed by atoms with Crippen LogP contribution in [0.5, 0.6) is 0 Å². The van der Waals surface area contributed by atoms with Gasteiger partial charge in [-0.3, -0.25) is 0 Å². The summed E-state index contributed by atoms with van der Waals surface area (Å²) in [5.41, 5.74) is 0. The fraction of sp³-hybridized carbons (Fsp3) is 0.700. The van der Waals surface area contributed by atoms with E-state index in [2.05, 4.69) is 4.90 Å². The van der Waals surface area contributed by atoms with Gasteiger partial charge in [0.15, 0.2) is 9.84 Å². The number of sulfone groups is 1. The molecule has 2 rings (SSSR count). The van der Waals surface area contributed by atoms with Crippen LogP contribution in [0, 0.1) is 0 Å². The van der Waals surface area contributed by atoms with Crippen molar-refractivity contribution in [1.82, 2.24) is 4.90 Å². The summed E-state index contributed by atoms with van der Waals surface area (Å²) in [7, 11) is -2.86. The Hall–Kier alpha value is -0.0700. The molecule has 0 unspecified atom stereocenters. The monoisotopic (exact) mass is 277 g/mol. The molecule has 0 bridgehead atoms. The molecule has 0 atom stereocenters. The Labute approximate surface area is 106 Å². The Balaban J connectivity index is 1.88. The average Bonchev–Trinajstić information content (AvgIpc) is 2.59. The lowest BCUT2D eigenvalue weighted by molar-refractivity contribution is 0.352. The predicted octanol–water partition coefficient (Wildman–Crippen LogP) is 1.80. The highest BCUT2D eigenvalue weighted by molar-refractivity contribution is 8.25. The summed E-state index contributed by atoms with van der Waals surface area (Å²) in [5, 5.41) is 0. The second kappa shape index (κ2) is 5.06. The minimum absolute atomic E-state index is 0.172. The fourth-order valence-corrected chi connectivity index (χ4v) is 5.09. The van der Waals surface area contributed by atoms with Crippen molar-refractivity contribution in [1.29, 1.82) is 0 Å². The zero-order valence-electron chi connectivity index (χ0n) is 9.02. The molecule has 0 aromatic carbocycles. The summed E-state index contributed by atoms with van der Waals surface area (Å²) < 4.78 is 23.4. The Morgan fingerprint density at radius 3 is 2.56 bits per heavy atom. The molecule has 0 spiro atoms. The van der Waals surface area contributed by atoms with E-state index in [4.69, 9.17) is 12.2 Å². The zero-order chi connectivity index (χ0) is 11.6. The van der Waals surface area contributed by atoms with E-state index in [1.54, 1.807) is 6.08 Å². The Morgan fingerprint density at radius 1 is 1.31 bits per heavy atom. The van der Waals surface area contributed by atoms with Crippen LogP contribution in [0.15, 0.2) is 11.0 Å². The third-order valence-electron chi connectivity index (χ3n) is 2.76. The van der Waals surface area contributed by atoms with Crippen molar-refractivity contribution in [3.8, 4) is 0 Å². The number of hydrogen-bond acceptors (Lipinski definition) is 4. The van der Waals surface area contributed by atoms with Crippen LogP contribution in [0.1, 0.15) is 19.3 Å². The molecule has 3 nitrogen and oxygen atoms in total.